The summed E-state index contributed by atoms with van der Waals surface area (Å²) in [5.74, 6) is -0.330. The van der Waals surface area contributed by atoms with Crippen LogP contribution in [0.4, 0.5) is 11.4 Å². The number of hydrogen-bond acceptors (Lipinski definition) is 4. The van der Waals surface area contributed by atoms with Crippen molar-refractivity contribution in [1.29, 1.82) is 0 Å². The molecule has 6 heteroatoms. The lowest BCUT2D eigenvalue weighted by Crippen LogP contribution is -2.42. The van der Waals surface area contributed by atoms with Crippen molar-refractivity contribution >= 4 is 23.2 Å². The first-order valence-corrected chi connectivity index (χ1v) is 6.63. The van der Waals surface area contributed by atoms with Crippen LogP contribution in [0.2, 0.25) is 0 Å². The summed E-state index contributed by atoms with van der Waals surface area (Å²) in [5, 5.41) is 8.64. The smallest absolute Gasteiger partial charge is 0.247 e. The van der Waals surface area contributed by atoms with Gasteiger partial charge >= 0.3 is 0 Å². The van der Waals surface area contributed by atoms with Crippen LogP contribution in [0.1, 0.15) is 12.8 Å². The van der Waals surface area contributed by atoms with Crippen molar-refractivity contribution in [2.45, 2.75) is 18.9 Å². The fraction of sp³-hybridized carbons (Fsp3) is 0.429. The van der Waals surface area contributed by atoms with E-state index in [9.17, 15) is 9.59 Å². The molecular formula is C14H19N3O3. The largest absolute Gasteiger partial charge is 0.385 e. The number of para-hydroxylation sites is 2. The van der Waals surface area contributed by atoms with Gasteiger partial charge in [-0.25, -0.2) is 0 Å². The van der Waals surface area contributed by atoms with Crippen molar-refractivity contribution in [2.75, 3.05) is 30.9 Å². The second-order valence-electron chi connectivity index (χ2n) is 4.63. The number of carbonyl (C=O) groups is 2. The first kappa shape index (κ1) is 14.3. The van der Waals surface area contributed by atoms with Gasteiger partial charge in [-0.3, -0.25) is 9.59 Å². The van der Waals surface area contributed by atoms with E-state index >= 15 is 0 Å². The second kappa shape index (κ2) is 6.91. The molecule has 6 nitrogen and oxygen atoms in total. The van der Waals surface area contributed by atoms with Gasteiger partial charge in [0.2, 0.25) is 11.8 Å². The predicted octanol–water partition coefficient (Wildman–Crippen LogP) is 0.962. The quantitative estimate of drug-likeness (QED) is 0.677. The van der Waals surface area contributed by atoms with Crippen molar-refractivity contribution in [3.63, 3.8) is 0 Å². The zero-order valence-corrected chi connectivity index (χ0v) is 11.4. The van der Waals surface area contributed by atoms with E-state index in [1.54, 1.807) is 7.11 Å². The van der Waals surface area contributed by atoms with Gasteiger partial charge in [0.25, 0.3) is 0 Å². The lowest BCUT2D eigenvalue weighted by Gasteiger charge is -2.26. The normalized spacial score (nSPS) is 16.9. The molecule has 1 atom stereocenters. The Labute approximate surface area is 117 Å². The average molecular weight is 277 g/mol. The lowest BCUT2D eigenvalue weighted by molar-refractivity contribution is -0.125. The number of anilines is 2. The number of carbonyl (C=O) groups excluding carboxylic acids is 2. The molecule has 0 fully saturated rings. The highest BCUT2D eigenvalue weighted by Crippen LogP contribution is 2.26. The van der Waals surface area contributed by atoms with Crippen molar-refractivity contribution in [2.24, 2.45) is 0 Å². The van der Waals surface area contributed by atoms with Crippen LogP contribution >= 0.6 is 0 Å². The van der Waals surface area contributed by atoms with Crippen LogP contribution in [0.3, 0.4) is 0 Å². The molecule has 0 radical (unpaired) electrons. The summed E-state index contributed by atoms with van der Waals surface area (Å²) < 4.78 is 4.90. The molecule has 1 aliphatic heterocycles. The fourth-order valence-corrected chi connectivity index (χ4v) is 2.04. The number of ether oxygens (including phenoxy) is 1. The van der Waals surface area contributed by atoms with Gasteiger partial charge in [-0.15, -0.1) is 0 Å². The van der Waals surface area contributed by atoms with E-state index < -0.39 is 6.04 Å². The van der Waals surface area contributed by atoms with Crippen LogP contribution in [-0.2, 0) is 14.3 Å². The van der Waals surface area contributed by atoms with E-state index in [1.165, 1.54) is 0 Å². The van der Waals surface area contributed by atoms with Gasteiger partial charge in [0.1, 0.15) is 6.04 Å². The molecule has 1 heterocycles. The van der Waals surface area contributed by atoms with Gasteiger partial charge in [-0.2, -0.15) is 0 Å². The molecule has 0 unspecified atom stereocenters. The van der Waals surface area contributed by atoms with Crippen molar-refractivity contribution < 1.29 is 14.3 Å². The van der Waals surface area contributed by atoms with Crippen LogP contribution in [0.25, 0.3) is 0 Å². The third-order valence-electron chi connectivity index (χ3n) is 3.07. The molecule has 0 aliphatic carbocycles. The summed E-state index contributed by atoms with van der Waals surface area (Å²) in [4.78, 5) is 23.7. The van der Waals surface area contributed by atoms with Crippen molar-refractivity contribution in [3.8, 4) is 0 Å². The van der Waals surface area contributed by atoms with Gasteiger partial charge in [0, 0.05) is 20.3 Å². The maximum atomic E-state index is 11.9. The standard InChI is InChI=1S/C14H19N3O3/c1-20-8-4-7-15-13(18)9-12-14(19)17-11-6-3-2-5-10(11)16-12/h2-3,5-6,12,16H,4,7-9H2,1H3,(H,15,18)(H,17,19)/t12-/m1/s1. The summed E-state index contributed by atoms with van der Waals surface area (Å²) >= 11 is 0. The molecule has 0 bridgehead atoms. The molecule has 1 aromatic carbocycles. The van der Waals surface area contributed by atoms with Crippen LogP contribution in [0.5, 0.6) is 0 Å². The van der Waals surface area contributed by atoms with E-state index in [1.807, 2.05) is 24.3 Å². The lowest BCUT2D eigenvalue weighted by atomic mass is 10.1. The first-order chi connectivity index (χ1) is 9.70. The highest BCUT2D eigenvalue weighted by Gasteiger charge is 2.26. The van der Waals surface area contributed by atoms with Gasteiger partial charge in [0.15, 0.2) is 0 Å². The molecule has 0 saturated carbocycles. The van der Waals surface area contributed by atoms with Crippen molar-refractivity contribution in [1.82, 2.24) is 5.32 Å². The highest BCUT2D eigenvalue weighted by atomic mass is 16.5. The number of hydrogen-bond donors (Lipinski definition) is 3. The van der Waals surface area contributed by atoms with E-state index in [0.29, 0.717) is 13.2 Å². The van der Waals surface area contributed by atoms with E-state index in [4.69, 9.17) is 4.74 Å². The molecule has 3 N–H and O–H groups in total. The number of rotatable bonds is 6. The Morgan fingerprint density at radius 2 is 2.10 bits per heavy atom. The molecule has 2 rings (SSSR count). The number of benzene rings is 1. The Morgan fingerprint density at radius 3 is 2.85 bits per heavy atom. The molecule has 0 spiro atoms. The zero-order chi connectivity index (χ0) is 14.4. The fourth-order valence-electron chi connectivity index (χ4n) is 2.04. The summed E-state index contributed by atoms with van der Waals surface area (Å²) in [5.41, 5.74) is 1.58. The maximum Gasteiger partial charge on any atom is 0.247 e. The number of fused-ring (bicyclic) bond motifs is 1. The first-order valence-electron chi connectivity index (χ1n) is 6.63. The van der Waals surface area contributed by atoms with E-state index in [-0.39, 0.29) is 18.2 Å². The maximum absolute atomic E-state index is 11.9. The highest BCUT2D eigenvalue weighted by molar-refractivity contribution is 6.04. The van der Waals surface area contributed by atoms with Crippen LogP contribution in [0, 0.1) is 0 Å². The minimum atomic E-state index is -0.535. The van der Waals surface area contributed by atoms with Gasteiger partial charge in [-0.1, -0.05) is 12.1 Å². The summed E-state index contributed by atoms with van der Waals surface area (Å²) in [6.45, 7) is 1.16. The number of nitrogens with one attached hydrogen (secondary N) is 3. The molecule has 1 aromatic rings. The van der Waals surface area contributed by atoms with Gasteiger partial charge < -0.3 is 20.7 Å². The van der Waals surface area contributed by atoms with E-state index in [2.05, 4.69) is 16.0 Å². The van der Waals surface area contributed by atoms with E-state index in [0.717, 1.165) is 17.8 Å². The summed E-state index contributed by atoms with van der Waals surface area (Å²) in [6.07, 6.45) is 0.877. The monoisotopic (exact) mass is 277 g/mol. The molecule has 1 aliphatic rings. The Morgan fingerprint density at radius 1 is 1.35 bits per heavy atom. The molecule has 20 heavy (non-hydrogen) atoms. The molecule has 0 aromatic heterocycles. The topological polar surface area (TPSA) is 79.5 Å². The minimum absolute atomic E-state index is 0.118. The number of methoxy groups -OCH3 is 1. The molecule has 0 saturated heterocycles. The van der Waals surface area contributed by atoms with Crippen molar-refractivity contribution in [3.05, 3.63) is 24.3 Å². The Bertz CT molecular complexity index is 490. The zero-order valence-electron chi connectivity index (χ0n) is 11.4. The third kappa shape index (κ3) is 3.71. The molecule has 108 valence electrons. The Kier molecular flexibility index (Phi) is 4.95. The van der Waals surface area contributed by atoms with Crippen LogP contribution in [-0.4, -0.2) is 38.1 Å². The second-order valence-corrected chi connectivity index (χ2v) is 4.63. The van der Waals surface area contributed by atoms with Gasteiger partial charge in [-0.05, 0) is 18.6 Å². The molecular weight excluding hydrogens is 258 g/mol. The predicted molar refractivity (Wildman–Crippen MR) is 76.6 cm³/mol. The SMILES string of the molecule is COCCCNC(=O)C[C@H]1Nc2ccccc2NC1=O. The Balaban J connectivity index is 1.84. The summed E-state index contributed by atoms with van der Waals surface area (Å²) in [7, 11) is 1.62. The average Bonchev–Trinajstić information content (AvgIpc) is 2.44. The van der Waals surface area contributed by atoms with Crippen LogP contribution in [0.15, 0.2) is 24.3 Å². The number of amides is 2. The minimum Gasteiger partial charge on any atom is -0.385 e. The summed E-state index contributed by atoms with van der Waals surface area (Å²) in [6, 6.07) is 6.89. The molecule has 2 amide bonds. The van der Waals surface area contributed by atoms with Gasteiger partial charge in [0.05, 0.1) is 17.8 Å². The van der Waals surface area contributed by atoms with Crippen LogP contribution < -0.4 is 16.0 Å². The third-order valence-corrected chi connectivity index (χ3v) is 3.07. The Hall–Kier alpha value is -2.08.